The highest BCUT2D eigenvalue weighted by atomic mass is 16.5. The molecular weight excluding hydrogens is 320 g/mol. The molecule has 0 bridgehead atoms. The number of methoxy groups -OCH3 is 2. The van der Waals surface area contributed by atoms with E-state index in [1.807, 2.05) is 24.0 Å². The van der Waals surface area contributed by atoms with Crippen LogP contribution in [0.5, 0.6) is 11.5 Å². The van der Waals surface area contributed by atoms with Gasteiger partial charge in [-0.05, 0) is 37.5 Å². The maximum atomic E-state index is 12.1. The van der Waals surface area contributed by atoms with Crippen LogP contribution in [0.3, 0.4) is 0 Å². The second-order valence-corrected chi connectivity index (χ2v) is 6.02. The van der Waals surface area contributed by atoms with Gasteiger partial charge in [-0.1, -0.05) is 0 Å². The van der Waals surface area contributed by atoms with Crippen molar-refractivity contribution in [2.45, 2.75) is 26.2 Å². The van der Waals surface area contributed by atoms with Crippen molar-refractivity contribution < 1.29 is 19.1 Å². The molecule has 1 aliphatic rings. The van der Waals surface area contributed by atoms with E-state index in [0.29, 0.717) is 31.0 Å². The predicted molar refractivity (Wildman–Crippen MR) is 96.6 cm³/mol. The summed E-state index contributed by atoms with van der Waals surface area (Å²) in [5.41, 5.74) is 1.66. The zero-order valence-corrected chi connectivity index (χ0v) is 15.1. The summed E-state index contributed by atoms with van der Waals surface area (Å²) in [7, 11) is 3.19. The number of benzene rings is 1. The quantitative estimate of drug-likeness (QED) is 0.579. The smallest absolute Gasteiger partial charge is 0.244 e. The number of rotatable bonds is 8. The number of nitrogens with zero attached hydrogens (tertiary/aromatic N) is 1. The molecule has 0 atom stereocenters. The Kier molecular flexibility index (Phi) is 6.86. The van der Waals surface area contributed by atoms with Gasteiger partial charge in [-0.2, -0.15) is 0 Å². The topological polar surface area (TPSA) is 67.9 Å². The monoisotopic (exact) mass is 346 g/mol. The minimum absolute atomic E-state index is 0.150. The van der Waals surface area contributed by atoms with Crippen molar-refractivity contribution in [3.05, 3.63) is 29.8 Å². The predicted octanol–water partition coefficient (Wildman–Crippen LogP) is 2.24. The van der Waals surface area contributed by atoms with Crippen LogP contribution in [-0.2, 0) is 9.59 Å². The van der Waals surface area contributed by atoms with Gasteiger partial charge in [0.2, 0.25) is 11.8 Å². The third kappa shape index (κ3) is 5.24. The number of likely N-dealkylation sites (tertiary alicyclic amines) is 1. The van der Waals surface area contributed by atoms with Gasteiger partial charge in [-0.15, -0.1) is 0 Å². The summed E-state index contributed by atoms with van der Waals surface area (Å²) in [5.74, 6) is 1.43. The minimum atomic E-state index is -0.150. The van der Waals surface area contributed by atoms with Gasteiger partial charge in [-0.3, -0.25) is 9.59 Å². The molecule has 1 aromatic carbocycles. The van der Waals surface area contributed by atoms with Gasteiger partial charge in [-0.25, -0.2) is 0 Å². The van der Waals surface area contributed by atoms with Crippen molar-refractivity contribution in [3.8, 4) is 11.5 Å². The van der Waals surface area contributed by atoms with Crippen LogP contribution in [0.2, 0.25) is 0 Å². The minimum Gasteiger partial charge on any atom is -0.497 e. The fourth-order valence-electron chi connectivity index (χ4n) is 2.87. The van der Waals surface area contributed by atoms with Gasteiger partial charge < -0.3 is 19.7 Å². The lowest BCUT2D eigenvalue weighted by Gasteiger charge is -2.15. The Morgan fingerprint density at radius 1 is 1.32 bits per heavy atom. The van der Waals surface area contributed by atoms with Crippen molar-refractivity contribution in [1.82, 2.24) is 10.2 Å². The van der Waals surface area contributed by atoms with Crippen LogP contribution in [0, 0.1) is 0 Å². The lowest BCUT2D eigenvalue weighted by Crippen LogP contribution is -2.30. The molecule has 25 heavy (non-hydrogen) atoms. The van der Waals surface area contributed by atoms with Crippen LogP contribution in [0.4, 0.5) is 0 Å². The van der Waals surface area contributed by atoms with E-state index in [0.717, 1.165) is 30.5 Å². The van der Waals surface area contributed by atoms with E-state index in [1.54, 1.807) is 26.4 Å². The molecule has 0 unspecified atom stereocenters. The third-order valence-electron chi connectivity index (χ3n) is 4.26. The van der Waals surface area contributed by atoms with Crippen LogP contribution in [0.15, 0.2) is 24.3 Å². The Morgan fingerprint density at radius 2 is 2.12 bits per heavy atom. The number of carbonyl (C=O) groups is 2. The Bertz CT molecular complexity index is 655. The molecular formula is C19H26N2O4. The molecule has 1 saturated heterocycles. The normalized spacial score (nSPS) is 14.6. The first kappa shape index (κ1) is 18.8. The molecule has 0 saturated carbocycles. The zero-order chi connectivity index (χ0) is 18.2. The largest absolute Gasteiger partial charge is 0.497 e. The van der Waals surface area contributed by atoms with E-state index in [1.165, 1.54) is 0 Å². The van der Waals surface area contributed by atoms with Gasteiger partial charge in [0.25, 0.3) is 0 Å². The fourth-order valence-corrected chi connectivity index (χ4v) is 2.87. The van der Waals surface area contributed by atoms with E-state index in [-0.39, 0.29) is 11.8 Å². The molecule has 1 aromatic rings. The van der Waals surface area contributed by atoms with Gasteiger partial charge in [0.15, 0.2) is 0 Å². The van der Waals surface area contributed by atoms with E-state index in [2.05, 4.69) is 5.32 Å². The number of carbonyl (C=O) groups excluding carboxylic acids is 2. The molecule has 0 aromatic heterocycles. The maximum absolute atomic E-state index is 12.1. The third-order valence-corrected chi connectivity index (χ3v) is 4.26. The molecule has 1 aliphatic heterocycles. The number of allylic oxidation sites excluding steroid dienone is 1. The molecule has 136 valence electrons. The van der Waals surface area contributed by atoms with Crippen LogP contribution >= 0.6 is 0 Å². The Hall–Kier alpha value is -2.50. The molecule has 0 spiro atoms. The van der Waals surface area contributed by atoms with Crippen LogP contribution in [0.25, 0.3) is 5.57 Å². The Labute approximate surface area is 148 Å². The maximum Gasteiger partial charge on any atom is 0.244 e. The van der Waals surface area contributed by atoms with Crippen LogP contribution in [-0.4, -0.2) is 50.6 Å². The van der Waals surface area contributed by atoms with Gasteiger partial charge >= 0.3 is 0 Å². The van der Waals surface area contributed by atoms with Crippen LogP contribution < -0.4 is 14.8 Å². The first-order valence-corrected chi connectivity index (χ1v) is 8.51. The summed E-state index contributed by atoms with van der Waals surface area (Å²) < 4.78 is 10.5. The second-order valence-electron chi connectivity index (χ2n) is 6.02. The van der Waals surface area contributed by atoms with Gasteiger partial charge in [0, 0.05) is 43.8 Å². The first-order chi connectivity index (χ1) is 12.0. The van der Waals surface area contributed by atoms with Crippen molar-refractivity contribution in [2.75, 3.05) is 33.9 Å². The number of hydrogen-bond donors (Lipinski definition) is 1. The van der Waals surface area contributed by atoms with Crippen molar-refractivity contribution >= 4 is 17.4 Å². The summed E-state index contributed by atoms with van der Waals surface area (Å²) in [6, 6.07) is 5.49. The molecule has 6 heteroatoms. The standard InChI is InChI=1S/C19H26N2O4/c1-14(16-8-7-15(24-2)13-17(16)25-3)12-18(22)20-9-5-11-21-10-4-6-19(21)23/h7-8,12-13H,4-6,9-11H2,1-3H3,(H,20,22)/b14-12+. The molecule has 2 rings (SSSR count). The summed E-state index contributed by atoms with van der Waals surface area (Å²) in [6.07, 6.45) is 3.91. The van der Waals surface area contributed by atoms with E-state index in [4.69, 9.17) is 9.47 Å². The molecule has 2 amide bonds. The highest BCUT2D eigenvalue weighted by molar-refractivity contribution is 5.95. The highest BCUT2D eigenvalue weighted by Gasteiger charge is 2.19. The lowest BCUT2D eigenvalue weighted by atomic mass is 10.1. The summed E-state index contributed by atoms with van der Waals surface area (Å²) in [6.45, 7) is 3.95. The molecule has 0 aliphatic carbocycles. The Morgan fingerprint density at radius 3 is 2.76 bits per heavy atom. The van der Waals surface area contributed by atoms with E-state index in [9.17, 15) is 9.59 Å². The second kappa shape index (κ2) is 9.11. The molecule has 1 fully saturated rings. The van der Waals surface area contributed by atoms with Crippen molar-refractivity contribution in [2.24, 2.45) is 0 Å². The highest BCUT2D eigenvalue weighted by Crippen LogP contribution is 2.29. The molecule has 1 N–H and O–H groups in total. The SMILES string of the molecule is COc1ccc(/C(C)=C/C(=O)NCCCN2CCCC2=O)c(OC)c1. The first-order valence-electron chi connectivity index (χ1n) is 8.51. The van der Waals surface area contributed by atoms with Gasteiger partial charge in [0.05, 0.1) is 14.2 Å². The number of nitrogens with one attached hydrogen (secondary N) is 1. The van der Waals surface area contributed by atoms with Crippen molar-refractivity contribution in [3.63, 3.8) is 0 Å². The summed E-state index contributed by atoms with van der Waals surface area (Å²) in [5, 5.41) is 2.86. The van der Waals surface area contributed by atoms with E-state index < -0.39 is 0 Å². The molecule has 1 heterocycles. The molecule has 6 nitrogen and oxygen atoms in total. The average molecular weight is 346 g/mol. The van der Waals surface area contributed by atoms with E-state index >= 15 is 0 Å². The summed E-state index contributed by atoms with van der Waals surface area (Å²) in [4.78, 5) is 25.5. The van der Waals surface area contributed by atoms with Crippen LogP contribution in [0.1, 0.15) is 31.7 Å². The van der Waals surface area contributed by atoms with Gasteiger partial charge in [0.1, 0.15) is 11.5 Å². The number of amides is 2. The fraction of sp³-hybridized carbons (Fsp3) is 0.474. The lowest BCUT2D eigenvalue weighted by molar-refractivity contribution is -0.127. The summed E-state index contributed by atoms with van der Waals surface area (Å²) >= 11 is 0. The van der Waals surface area contributed by atoms with Crippen molar-refractivity contribution in [1.29, 1.82) is 0 Å². The number of ether oxygens (including phenoxy) is 2. The average Bonchev–Trinajstić information content (AvgIpc) is 3.03. The zero-order valence-electron chi connectivity index (χ0n) is 15.1. The molecule has 0 radical (unpaired) electrons. The number of hydrogen-bond acceptors (Lipinski definition) is 4. The Balaban J connectivity index is 1.86.